The summed E-state index contributed by atoms with van der Waals surface area (Å²) in [6.07, 6.45) is 4.32. The van der Waals surface area contributed by atoms with Gasteiger partial charge in [0.1, 0.15) is 11.6 Å². The van der Waals surface area contributed by atoms with Crippen molar-refractivity contribution < 1.29 is 19.8 Å². The van der Waals surface area contributed by atoms with Crippen LogP contribution >= 0.6 is 0 Å². The molecular formula is C26H36N4O4. The van der Waals surface area contributed by atoms with Crippen LogP contribution in [0.3, 0.4) is 0 Å². The number of hydrogen-bond acceptors (Lipinski definition) is 8. The van der Waals surface area contributed by atoms with Gasteiger partial charge in [0.2, 0.25) is 0 Å². The van der Waals surface area contributed by atoms with E-state index in [0.29, 0.717) is 11.4 Å². The smallest absolute Gasteiger partial charge is 0.146 e. The molecule has 8 heteroatoms. The van der Waals surface area contributed by atoms with Crippen LogP contribution in [0.4, 0.5) is 0 Å². The molecule has 2 aromatic heterocycles. The third-order valence-corrected chi connectivity index (χ3v) is 6.98. The van der Waals surface area contributed by atoms with Gasteiger partial charge in [0.15, 0.2) is 0 Å². The zero-order valence-corrected chi connectivity index (χ0v) is 20.6. The number of nitrogens with zero attached hydrogens (tertiary/aromatic N) is 4. The van der Waals surface area contributed by atoms with Crippen molar-refractivity contribution in [3.8, 4) is 0 Å². The maximum absolute atomic E-state index is 12.3. The Balaban J connectivity index is 1.62. The van der Waals surface area contributed by atoms with Crippen molar-refractivity contribution in [2.24, 2.45) is 10.8 Å². The second kappa shape index (κ2) is 10.8. The van der Waals surface area contributed by atoms with Gasteiger partial charge >= 0.3 is 0 Å². The molecule has 0 saturated heterocycles. The zero-order valence-electron chi connectivity index (χ0n) is 20.6. The van der Waals surface area contributed by atoms with Crippen molar-refractivity contribution in [3.05, 3.63) is 47.0 Å². The van der Waals surface area contributed by atoms with Crippen LogP contribution < -0.4 is 0 Å². The molecule has 0 aromatic carbocycles. The molecule has 1 aliphatic carbocycles. The van der Waals surface area contributed by atoms with E-state index in [1.54, 1.807) is 27.7 Å². The lowest BCUT2D eigenvalue weighted by Crippen LogP contribution is -2.30. The average Bonchev–Trinajstić information content (AvgIpc) is 2.85. The van der Waals surface area contributed by atoms with Gasteiger partial charge in [0.05, 0.1) is 48.8 Å². The lowest BCUT2D eigenvalue weighted by atomic mass is 9.78. The van der Waals surface area contributed by atoms with Crippen LogP contribution in [-0.2, 0) is 22.4 Å². The van der Waals surface area contributed by atoms with E-state index < -0.39 is 10.8 Å². The molecule has 1 aliphatic rings. The third-order valence-electron chi connectivity index (χ3n) is 6.98. The molecule has 2 N–H and O–H groups in total. The van der Waals surface area contributed by atoms with Gasteiger partial charge in [0, 0.05) is 22.7 Å². The van der Waals surface area contributed by atoms with Crippen LogP contribution in [0.15, 0.2) is 24.3 Å². The van der Waals surface area contributed by atoms with Gasteiger partial charge in [-0.1, -0.05) is 34.1 Å². The minimum absolute atomic E-state index is 0.0570. The van der Waals surface area contributed by atoms with Crippen molar-refractivity contribution in [1.82, 2.24) is 20.4 Å². The highest BCUT2D eigenvalue weighted by atomic mass is 16.3. The van der Waals surface area contributed by atoms with E-state index >= 15 is 0 Å². The molecule has 2 heterocycles. The number of aliphatic hydroxyl groups excluding tert-OH is 2. The van der Waals surface area contributed by atoms with E-state index in [-0.39, 0.29) is 49.5 Å². The number of aliphatic hydroxyl groups is 2. The monoisotopic (exact) mass is 468 g/mol. The molecule has 0 radical (unpaired) electrons. The second-order valence-electron chi connectivity index (χ2n) is 10.7. The van der Waals surface area contributed by atoms with Gasteiger partial charge in [-0.2, -0.15) is 20.4 Å². The normalized spacial score (nSPS) is 19.1. The first-order valence-corrected chi connectivity index (χ1v) is 12.0. The van der Waals surface area contributed by atoms with E-state index in [0.717, 1.165) is 37.1 Å². The fourth-order valence-electron chi connectivity index (χ4n) is 4.08. The van der Waals surface area contributed by atoms with Crippen LogP contribution in [0, 0.1) is 10.8 Å². The molecule has 0 aliphatic heterocycles. The fourth-order valence-corrected chi connectivity index (χ4v) is 4.08. The van der Waals surface area contributed by atoms with E-state index in [9.17, 15) is 19.8 Å². The Kier molecular flexibility index (Phi) is 8.25. The van der Waals surface area contributed by atoms with Gasteiger partial charge in [-0.05, 0) is 43.5 Å². The Morgan fingerprint density at radius 1 is 0.765 bits per heavy atom. The number of ketones is 2. The first kappa shape index (κ1) is 26.0. The molecular weight excluding hydrogens is 432 g/mol. The van der Waals surface area contributed by atoms with Gasteiger partial charge in [0.25, 0.3) is 0 Å². The fraction of sp³-hybridized carbons (Fsp3) is 0.615. The highest BCUT2D eigenvalue weighted by Gasteiger charge is 2.29. The molecule has 2 atom stereocenters. The van der Waals surface area contributed by atoms with Gasteiger partial charge in [-0.15, -0.1) is 0 Å². The predicted molar refractivity (Wildman–Crippen MR) is 127 cm³/mol. The Morgan fingerprint density at radius 3 is 1.50 bits per heavy atom. The second-order valence-corrected chi connectivity index (χ2v) is 10.7. The molecule has 1 fully saturated rings. The lowest BCUT2D eigenvalue weighted by molar-refractivity contribution is -0.129. The van der Waals surface area contributed by atoms with Crippen LogP contribution in [0.2, 0.25) is 0 Å². The highest BCUT2D eigenvalue weighted by Crippen LogP contribution is 2.39. The van der Waals surface area contributed by atoms with Gasteiger partial charge in [-0.3, -0.25) is 9.59 Å². The predicted octanol–water partition coefficient (Wildman–Crippen LogP) is 2.97. The van der Waals surface area contributed by atoms with Crippen molar-refractivity contribution in [2.45, 2.75) is 78.1 Å². The van der Waals surface area contributed by atoms with E-state index in [4.69, 9.17) is 0 Å². The summed E-state index contributed by atoms with van der Waals surface area (Å²) in [7, 11) is 0. The SMILES string of the molecule is CC(C)(CO)C(=O)Cc1ccc([C@H]2CCC[C@H](c3ccc(CC(=O)C(C)(C)CO)nn3)C2)nn1. The maximum atomic E-state index is 12.3. The molecule has 0 bridgehead atoms. The van der Waals surface area contributed by atoms with Crippen LogP contribution in [0.1, 0.15) is 88.0 Å². The standard InChI is InChI=1S/C26H36N4O4/c1-25(2,15-31)23(33)13-19-8-10-21(29-27-19)17-6-5-7-18(12-17)22-11-9-20(28-30-22)14-24(34)26(3,4)16-32/h8-11,17-18,31-32H,5-7,12-16H2,1-4H3/t17-,18-/m0/s1. The van der Waals surface area contributed by atoms with Crippen molar-refractivity contribution in [3.63, 3.8) is 0 Å². The van der Waals surface area contributed by atoms with Crippen LogP contribution in [-0.4, -0.2) is 55.4 Å². The third kappa shape index (κ3) is 6.30. The van der Waals surface area contributed by atoms with E-state index in [1.807, 2.05) is 24.3 Å². The first-order valence-electron chi connectivity index (χ1n) is 12.0. The topological polar surface area (TPSA) is 126 Å². The summed E-state index contributed by atoms with van der Waals surface area (Å²) < 4.78 is 0. The molecule has 0 spiro atoms. The maximum Gasteiger partial charge on any atom is 0.146 e. The molecule has 184 valence electrons. The molecule has 34 heavy (non-hydrogen) atoms. The lowest BCUT2D eigenvalue weighted by Gasteiger charge is -2.28. The minimum atomic E-state index is -0.782. The summed E-state index contributed by atoms with van der Waals surface area (Å²) >= 11 is 0. The summed E-state index contributed by atoms with van der Waals surface area (Å²) in [6, 6.07) is 7.63. The molecule has 1 saturated carbocycles. The minimum Gasteiger partial charge on any atom is -0.395 e. The highest BCUT2D eigenvalue weighted by molar-refractivity contribution is 5.86. The Hall–Kier alpha value is -2.58. The van der Waals surface area contributed by atoms with Crippen molar-refractivity contribution in [1.29, 1.82) is 0 Å². The Morgan fingerprint density at radius 2 is 1.18 bits per heavy atom. The number of Topliss-reactive ketones (excluding diaryl/α,β-unsaturated/α-hetero) is 2. The van der Waals surface area contributed by atoms with Crippen LogP contribution in [0.25, 0.3) is 0 Å². The molecule has 3 rings (SSSR count). The average molecular weight is 469 g/mol. The van der Waals surface area contributed by atoms with Crippen molar-refractivity contribution >= 4 is 11.6 Å². The number of carbonyl (C=O) groups is 2. The van der Waals surface area contributed by atoms with Gasteiger partial charge in [-0.25, -0.2) is 0 Å². The van der Waals surface area contributed by atoms with Gasteiger partial charge < -0.3 is 10.2 Å². The summed E-state index contributed by atoms with van der Waals surface area (Å²) in [4.78, 5) is 24.7. The Labute approximate surface area is 201 Å². The summed E-state index contributed by atoms with van der Waals surface area (Å²) in [5.41, 5.74) is 1.50. The Bertz CT molecular complexity index is 907. The zero-order chi connectivity index (χ0) is 24.9. The quantitative estimate of drug-likeness (QED) is 0.545. The number of hydrogen-bond donors (Lipinski definition) is 2. The number of rotatable bonds is 10. The summed E-state index contributed by atoms with van der Waals surface area (Å²) in [5, 5.41) is 36.1. The molecule has 2 aromatic rings. The molecule has 0 amide bonds. The molecule has 0 unspecified atom stereocenters. The number of carbonyl (C=O) groups excluding carboxylic acids is 2. The summed E-state index contributed by atoms with van der Waals surface area (Å²) in [6.45, 7) is 6.51. The van der Waals surface area contributed by atoms with Crippen LogP contribution in [0.5, 0.6) is 0 Å². The first-order chi connectivity index (χ1) is 16.1. The van der Waals surface area contributed by atoms with Crippen molar-refractivity contribution in [2.75, 3.05) is 13.2 Å². The largest absolute Gasteiger partial charge is 0.395 e. The van der Waals surface area contributed by atoms with E-state index in [1.165, 1.54) is 0 Å². The van der Waals surface area contributed by atoms with E-state index in [2.05, 4.69) is 20.4 Å². The summed E-state index contributed by atoms with van der Waals surface area (Å²) in [5.74, 6) is 0.411. The number of aromatic nitrogens is 4. The molecule has 8 nitrogen and oxygen atoms in total.